The zero-order valence-corrected chi connectivity index (χ0v) is 10.5. The number of halogens is 5. The number of nitrogens with one attached hydrogen (secondary N) is 1. The van der Waals surface area contributed by atoms with Crippen molar-refractivity contribution in [1.82, 2.24) is 9.55 Å². The average Bonchev–Trinajstić information content (AvgIpc) is 2.43. The smallest absolute Gasteiger partial charge is 0.331 e. The number of fused-ring (bicyclic) bond motifs is 1. The van der Waals surface area contributed by atoms with Crippen LogP contribution in [0.3, 0.4) is 0 Å². The van der Waals surface area contributed by atoms with Crippen LogP contribution in [0.4, 0.5) is 17.6 Å². The van der Waals surface area contributed by atoms with Crippen LogP contribution >= 0.6 is 28.1 Å². The van der Waals surface area contributed by atoms with Gasteiger partial charge in [-0.3, -0.25) is 0 Å². The molecule has 0 atom stereocenters. The van der Waals surface area contributed by atoms with Gasteiger partial charge >= 0.3 is 6.18 Å². The maximum atomic E-state index is 13.3. The summed E-state index contributed by atoms with van der Waals surface area (Å²) in [7, 11) is 0. The van der Waals surface area contributed by atoms with E-state index in [1.807, 2.05) is 0 Å². The fraction of sp³-hybridized carbons (Fsp3) is 0.222. The van der Waals surface area contributed by atoms with Crippen LogP contribution in [0.25, 0.3) is 11.0 Å². The Morgan fingerprint density at radius 2 is 2.00 bits per heavy atom. The maximum absolute atomic E-state index is 13.3. The van der Waals surface area contributed by atoms with Crippen molar-refractivity contribution in [3.8, 4) is 0 Å². The Labute approximate surface area is 106 Å². The molecule has 0 saturated heterocycles. The summed E-state index contributed by atoms with van der Waals surface area (Å²) in [5.74, 6) is -0.637. The molecule has 0 aliphatic carbocycles. The summed E-state index contributed by atoms with van der Waals surface area (Å²) >= 11 is 7.73. The standard InChI is InChI=1S/C9H5BrF4N2S/c10-4-1-6-7(2-5(4)11)16(8(17)15-6)3-9(12,13)14/h1-2H,3H2,(H,15,17). The summed E-state index contributed by atoms with van der Waals surface area (Å²) in [5, 5.41) is 0. The molecule has 0 aliphatic rings. The van der Waals surface area contributed by atoms with E-state index in [0.717, 1.165) is 10.6 Å². The van der Waals surface area contributed by atoms with Crippen molar-refractivity contribution in [3.05, 3.63) is 27.2 Å². The van der Waals surface area contributed by atoms with Crippen molar-refractivity contribution < 1.29 is 17.6 Å². The molecule has 1 aromatic heterocycles. The Morgan fingerprint density at radius 1 is 1.35 bits per heavy atom. The first-order valence-electron chi connectivity index (χ1n) is 4.42. The predicted octanol–water partition coefficient (Wildman–Crippen LogP) is 4.16. The highest BCUT2D eigenvalue weighted by molar-refractivity contribution is 9.10. The second kappa shape index (κ2) is 4.09. The van der Waals surface area contributed by atoms with Gasteiger partial charge in [-0.15, -0.1) is 0 Å². The van der Waals surface area contributed by atoms with Gasteiger partial charge in [-0.25, -0.2) is 4.39 Å². The number of nitrogens with zero attached hydrogens (tertiary/aromatic N) is 1. The number of hydrogen-bond acceptors (Lipinski definition) is 1. The van der Waals surface area contributed by atoms with Gasteiger partial charge in [0.15, 0.2) is 4.77 Å². The molecule has 1 heterocycles. The van der Waals surface area contributed by atoms with Crippen molar-refractivity contribution in [2.24, 2.45) is 0 Å². The first kappa shape index (κ1) is 12.6. The second-order valence-electron chi connectivity index (χ2n) is 3.41. The SMILES string of the molecule is Fc1cc2c(cc1Br)[nH]c(=S)n2CC(F)(F)F. The Bertz CT molecular complexity index is 628. The lowest BCUT2D eigenvalue weighted by Crippen LogP contribution is -2.17. The molecule has 2 rings (SSSR count). The van der Waals surface area contributed by atoms with Gasteiger partial charge in [0.2, 0.25) is 0 Å². The van der Waals surface area contributed by atoms with E-state index in [1.54, 1.807) is 0 Å². The van der Waals surface area contributed by atoms with Crippen LogP contribution in [0.2, 0.25) is 0 Å². The summed E-state index contributed by atoms with van der Waals surface area (Å²) in [6, 6.07) is 2.37. The highest BCUT2D eigenvalue weighted by Gasteiger charge is 2.29. The van der Waals surface area contributed by atoms with E-state index in [4.69, 9.17) is 12.2 Å². The fourth-order valence-electron chi connectivity index (χ4n) is 1.49. The second-order valence-corrected chi connectivity index (χ2v) is 4.66. The molecule has 1 N–H and O–H groups in total. The Kier molecular flexibility index (Phi) is 3.03. The monoisotopic (exact) mass is 328 g/mol. The molecule has 0 amide bonds. The van der Waals surface area contributed by atoms with E-state index in [9.17, 15) is 17.6 Å². The van der Waals surface area contributed by atoms with Crippen molar-refractivity contribution in [2.45, 2.75) is 12.7 Å². The summed E-state index contributed by atoms with van der Waals surface area (Å²) in [5.41, 5.74) is 0.445. The van der Waals surface area contributed by atoms with Crippen molar-refractivity contribution in [3.63, 3.8) is 0 Å². The quantitative estimate of drug-likeness (QED) is 0.615. The van der Waals surface area contributed by atoms with E-state index in [1.165, 1.54) is 6.07 Å². The van der Waals surface area contributed by atoms with Gasteiger partial charge in [-0.1, -0.05) is 0 Å². The maximum Gasteiger partial charge on any atom is 0.406 e. The number of H-pyrrole nitrogens is 1. The molecular formula is C9H5BrF4N2S. The normalized spacial score (nSPS) is 12.3. The van der Waals surface area contributed by atoms with Crippen molar-refractivity contribution in [1.29, 1.82) is 0 Å². The fourth-order valence-corrected chi connectivity index (χ4v) is 2.10. The molecule has 0 aliphatic heterocycles. The number of imidazole rings is 1. The first-order chi connectivity index (χ1) is 7.78. The van der Waals surface area contributed by atoms with Crippen LogP contribution in [0.5, 0.6) is 0 Å². The number of aromatic amines is 1. The zero-order valence-electron chi connectivity index (χ0n) is 8.11. The van der Waals surface area contributed by atoms with Gasteiger partial charge in [0.25, 0.3) is 0 Å². The van der Waals surface area contributed by atoms with E-state index in [2.05, 4.69) is 20.9 Å². The van der Waals surface area contributed by atoms with Gasteiger partial charge in [0, 0.05) is 6.07 Å². The molecule has 0 fully saturated rings. The zero-order chi connectivity index (χ0) is 12.8. The summed E-state index contributed by atoms with van der Waals surface area (Å²) in [6.07, 6.45) is -4.41. The van der Waals surface area contributed by atoms with Gasteiger partial charge in [-0.2, -0.15) is 13.2 Å². The Balaban J connectivity index is 2.67. The van der Waals surface area contributed by atoms with Crippen LogP contribution in [0, 0.1) is 10.6 Å². The first-order valence-corrected chi connectivity index (χ1v) is 5.62. The van der Waals surface area contributed by atoms with E-state index in [0.29, 0.717) is 5.52 Å². The van der Waals surface area contributed by atoms with Gasteiger partial charge < -0.3 is 9.55 Å². The van der Waals surface area contributed by atoms with Crippen molar-refractivity contribution >= 4 is 39.2 Å². The van der Waals surface area contributed by atoms with E-state index in [-0.39, 0.29) is 14.8 Å². The largest absolute Gasteiger partial charge is 0.406 e. The highest BCUT2D eigenvalue weighted by Crippen LogP contribution is 2.26. The molecule has 17 heavy (non-hydrogen) atoms. The molecule has 0 saturated carbocycles. The molecule has 0 radical (unpaired) electrons. The third kappa shape index (κ3) is 2.52. The topological polar surface area (TPSA) is 20.7 Å². The minimum Gasteiger partial charge on any atom is -0.331 e. The van der Waals surface area contributed by atoms with Crippen LogP contribution in [0.15, 0.2) is 16.6 Å². The third-order valence-corrected chi connectivity index (χ3v) is 3.08. The summed E-state index contributed by atoms with van der Waals surface area (Å²) in [4.78, 5) is 2.60. The number of alkyl halides is 3. The molecule has 8 heteroatoms. The molecule has 0 bridgehead atoms. The number of rotatable bonds is 1. The summed E-state index contributed by atoms with van der Waals surface area (Å²) < 4.78 is 51.1. The minimum atomic E-state index is -4.41. The number of hydrogen-bond donors (Lipinski definition) is 1. The molecule has 0 spiro atoms. The molecule has 2 aromatic rings. The Morgan fingerprint density at radius 3 is 2.59 bits per heavy atom. The van der Waals surface area contributed by atoms with Gasteiger partial charge in [0.05, 0.1) is 15.5 Å². The van der Waals surface area contributed by atoms with Crippen molar-refractivity contribution in [2.75, 3.05) is 0 Å². The molecule has 0 unspecified atom stereocenters. The minimum absolute atomic E-state index is 0.0881. The van der Waals surface area contributed by atoms with E-state index < -0.39 is 18.5 Å². The number of aromatic nitrogens is 2. The highest BCUT2D eigenvalue weighted by atomic mass is 79.9. The van der Waals surface area contributed by atoms with E-state index >= 15 is 0 Å². The molecule has 2 nitrogen and oxygen atoms in total. The summed E-state index contributed by atoms with van der Waals surface area (Å²) in [6.45, 7) is -1.24. The van der Waals surface area contributed by atoms with Gasteiger partial charge in [-0.05, 0) is 34.2 Å². The van der Waals surface area contributed by atoms with Crippen LogP contribution in [-0.4, -0.2) is 15.7 Å². The molecule has 92 valence electrons. The lowest BCUT2D eigenvalue weighted by Gasteiger charge is -2.08. The lowest BCUT2D eigenvalue weighted by atomic mass is 10.3. The predicted molar refractivity (Wildman–Crippen MR) is 60.8 cm³/mol. The van der Waals surface area contributed by atoms with Gasteiger partial charge in [0.1, 0.15) is 12.4 Å². The van der Waals surface area contributed by atoms with Crippen LogP contribution in [0.1, 0.15) is 0 Å². The van der Waals surface area contributed by atoms with Crippen LogP contribution < -0.4 is 0 Å². The average molecular weight is 329 g/mol. The third-order valence-electron chi connectivity index (χ3n) is 2.15. The lowest BCUT2D eigenvalue weighted by molar-refractivity contribution is -0.140. The number of benzene rings is 1. The van der Waals surface area contributed by atoms with Crippen LogP contribution in [-0.2, 0) is 6.54 Å². The Hall–Kier alpha value is -0.890. The molecule has 1 aromatic carbocycles. The molecular weight excluding hydrogens is 324 g/mol.